The summed E-state index contributed by atoms with van der Waals surface area (Å²) in [5.41, 5.74) is 4.00. The monoisotopic (exact) mass is 409 g/mol. The highest BCUT2D eigenvalue weighted by atomic mass is 16.5. The number of ether oxygens (including phenoxy) is 3. The van der Waals surface area contributed by atoms with Gasteiger partial charge in [-0.15, -0.1) is 5.11 Å². The number of hydrogen-bond donors (Lipinski definition) is 0. The van der Waals surface area contributed by atoms with Gasteiger partial charge in [-0.3, -0.25) is 0 Å². The lowest BCUT2D eigenvalue weighted by Crippen LogP contribution is -2.38. The summed E-state index contributed by atoms with van der Waals surface area (Å²) in [5.74, 6) is -1.32. The first-order chi connectivity index (χ1) is 14.4. The Labute approximate surface area is 174 Å². The molecule has 156 valence electrons. The molecule has 8 nitrogen and oxygen atoms in total. The Morgan fingerprint density at radius 1 is 0.933 bits per heavy atom. The summed E-state index contributed by atoms with van der Waals surface area (Å²) in [6.07, 6.45) is 0. The van der Waals surface area contributed by atoms with Gasteiger partial charge < -0.3 is 19.1 Å². The zero-order chi connectivity index (χ0) is 21.7. The molecule has 0 saturated carbocycles. The molecule has 0 aliphatic carbocycles. The minimum atomic E-state index is -0.666. The fourth-order valence-corrected chi connectivity index (χ4v) is 3.00. The maximum atomic E-state index is 12.5. The summed E-state index contributed by atoms with van der Waals surface area (Å²) >= 11 is 0. The molecule has 0 unspecified atom stereocenters. The number of aryl methyl sites for hydroxylation is 2. The SMILES string of the molecule is COC(=O)C1=C(C(=O)OC)N(c2ccc(C)cc2N=Nc2ccc(C)cc2)COC1. The quantitative estimate of drug-likeness (QED) is 0.545. The van der Waals surface area contributed by atoms with Gasteiger partial charge in [0.05, 0.1) is 37.8 Å². The van der Waals surface area contributed by atoms with Crippen LogP contribution in [-0.4, -0.2) is 39.5 Å². The summed E-state index contributed by atoms with van der Waals surface area (Å²) in [5, 5.41) is 8.70. The number of benzene rings is 2. The molecule has 0 atom stereocenters. The number of carbonyl (C=O) groups excluding carboxylic acids is 2. The Morgan fingerprint density at radius 2 is 1.60 bits per heavy atom. The van der Waals surface area contributed by atoms with E-state index in [2.05, 4.69) is 10.2 Å². The smallest absolute Gasteiger partial charge is 0.355 e. The number of nitrogens with zero attached hydrogens (tertiary/aromatic N) is 3. The predicted molar refractivity (Wildman–Crippen MR) is 111 cm³/mol. The van der Waals surface area contributed by atoms with Crippen molar-refractivity contribution in [2.45, 2.75) is 13.8 Å². The highest BCUT2D eigenvalue weighted by molar-refractivity contribution is 6.04. The number of anilines is 1. The van der Waals surface area contributed by atoms with Crippen LogP contribution in [0.2, 0.25) is 0 Å². The second-order valence-corrected chi connectivity index (χ2v) is 6.74. The molecule has 3 rings (SSSR count). The summed E-state index contributed by atoms with van der Waals surface area (Å²) in [4.78, 5) is 26.3. The molecule has 0 radical (unpaired) electrons. The van der Waals surface area contributed by atoms with E-state index < -0.39 is 11.9 Å². The molecule has 2 aromatic rings. The molecule has 0 N–H and O–H groups in total. The van der Waals surface area contributed by atoms with Crippen LogP contribution in [0.1, 0.15) is 11.1 Å². The number of methoxy groups -OCH3 is 2. The van der Waals surface area contributed by atoms with E-state index in [1.54, 1.807) is 11.0 Å². The van der Waals surface area contributed by atoms with E-state index in [0.29, 0.717) is 17.1 Å². The lowest BCUT2D eigenvalue weighted by molar-refractivity contribution is -0.140. The summed E-state index contributed by atoms with van der Waals surface area (Å²) in [6.45, 7) is 3.91. The molecule has 1 aliphatic heterocycles. The van der Waals surface area contributed by atoms with Gasteiger partial charge >= 0.3 is 11.9 Å². The first-order valence-electron chi connectivity index (χ1n) is 9.28. The first kappa shape index (κ1) is 21.2. The third-order valence-electron chi connectivity index (χ3n) is 4.56. The molecule has 0 spiro atoms. The van der Waals surface area contributed by atoms with Gasteiger partial charge in [-0.2, -0.15) is 5.11 Å². The van der Waals surface area contributed by atoms with Gasteiger partial charge in [0.15, 0.2) is 0 Å². The van der Waals surface area contributed by atoms with Crippen molar-refractivity contribution in [1.82, 2.24) is 0 Å². The molecular weight excluding hydrogens is 386 g/mol. The third-order valence-corrected chi connectivity index (χ3v) is 4.56. The van der Waals surface area contributed by atoms with Crippen LogP contribution < -0.4 is 4.90 Å². The molecule has 0 bridgehead atoms. The van der Waals surface area contributed by atoms with Gasteiger partial charge in [0.2, 0.25) is 0 Å². The molecular formula is C22H23N3O5. The minimum Gasteiger partial charge on any atom is -0.466 e. The van der Waals surface area contributed by atoms with Crippen LogP contribution in [0.4, 0.5) is 17.1 Å². The van der Waals surface area contributed by atoms with Crippen molar-refractivity contribution in [2.24, 2.45) is 10.2 Å². The van der Waals surface area contributed by atoms with Crippen molar-refractivity contribution < 1.29 is 23.8 Å². The maximum absolute atomic E-state index is 12.5. The molecule has 1 heterocycles. The predicted octanol–water partition coefficient (Wildman–Crippen LogP) is 4.11. The Balaban J connectivity index is 2.08. The highest BCUT2D eigenvalue weighted by Crippen LogP contribution is 2.36. The van der Waals surface area contributed by atoms with Gasteiger partial charge in [-0.1, -0.05) is 23.8 Å². The Bertz CT molecular complexity index is 1010. The van der Waals surface area contributed by atoms with E-state index >= 15 is 0 Å². The fraction of sp³-hybridized carbons (Fsp3) is 0.273. The van der Waals surface area contributed by atoms with Crippen LogP contribution in [0.25, 0.3) is 0 Å². The standard InChI is InChI=1S/C22H23N3O5/c1-14-5-8-16(9-6-14)23-24-18-11-15(2)7-10-19(18)25-13-30-12-17(21(26)28-3)20(25)22(27)29-4/h5-11H,12-13H2,1-4H3. The van der Waals surface area contributed by atoms with Gasteiger partial charge in [0, 0.05) is 0 Å². The van der Waals surface area contributed by atoms with Crippen LogP contribution >= 0.6 is 0 Å². The largest absolute Gasteiger partial charge is 0.466 e. The normalized spacial score (nSPS) is 14.2. The number of carbonyl (C=O) groups is 2. The van der Waals surface area contributed by atoms with E-state index in [4.69, 9.17) is 14.2 Å². The lowest BCUT2D eigenvalue weighted by atomic mass is 10.1. The molecule has 0 aromatic heterocycles. The van der Waals surface area contributed by atoms with E-state index in [0.717, 1.165) is 11.1 Å². The minimum absolute atomic E-state index is 0.0427. The second-order valence-electron chi connectivity index (χ2n) is 6.74. The molecule has 1 aliphatic rings. The van der Waals surface area contributed by atoms with Crippen LogP contribution in [0, 0.1) is 13.8 Å². The molecule has 30 heavy (non-hydrogen) atoms. The van der Waals surface area contributed by atoms with Crippen LogP contribution in [0.15, 0.2) is 64.0 Å². The Morgan fingerprint density at radius 3 is 2.27 bits per heavy atom. The number of esters is 2. The van der Waals surface area contributed by atoms with Crippen molar-refractivity contribution in [3.05, 3.63) is 64.9 Å². The van der Waals surface area contributed by atoms with Crippen LogP contribution in [0.3, 0.4) is 0 Å². The van der Waals surface area contributed by atoms with E-state index in [-0.39, 0.29) is 24.6 Å². The Kier molecular flexibility index (Phi) is 6.58. The van der Waals surface area contributed by atoms with Crippen molar-refractivity contribution in [3.63, 3.8) is 0 Å². The summed E-state index contributed by atoms with van der Waals surface area (Å²) in [6, 6.07) is 13.2. The van der Waals surface area contributed by atoms with Crippen molar-refractivity contribution >= 4 is 29.0 Å². The van der Waals surface area contributed by atoms with Crippen molar-refractivity contribution in [3.8, 4) is 0 Å². The van der Waals surface area contributed by atoms with E-state index in [1.165, 1.54) is 14.2 Å². The number of rotatable bonds is 5. The molecule has 0 amide bonds. The third kappa shape index (κ3) is 4.55. The zero-order valence-corrected chi connectivity index (χ0v) is 17.3. The fourth-order valence-electron chi connectivity index (χ4n) is 3.00. The number of hydrogen-bond acceptors (Lipinski definition) is 8. The van der Waals surface area contributed by atoms with Crippen LogP contribution in [-0.2, 0) is 23.8 Å². The molecule has 0 fully saturated rings. The molecule has 2 aromatic carbocycles. The molecule has 8 heteroatoms. The maximum Gasteiger partial charge on any atom is 0.355 e. The van der Waals surface area contributed by atoms with Gasteiger partial charge in [0.1, 0.15) is 18.1 Å². The van der Waals surface area contributed by atoms with Crippen molar-refractivity contribution in [1.29, 1.82) is 0 Å². The zero-order valence-electron chi connectivity index (χ0n) is 17.3. The topological polar surface area (TPSA) is 89.8 Å². The van der Waals surface area contributed by atoms with Crippen LogP contribution in [0.5, 0.6) is 0 Å². The summed E-state index contributed by atoms with van der Waals surface area (Å²) < 4.78 is 15.3. The molecule has 0 saturated heterocycles. The average Bonchev–Trinajstić information content (AvgIpc) is 2.77. The van der Waals surface area contributed by atoms with Gasteiger partial charge in [-0.05, 0) is 43.7 Å². The summed E-state index contributed by atoms with van der Waals surface area (Å²) in [7, 11) is 2.50. The number of azo groups is 1. The lowest BCUT2D eigenvalue weighted by Gasteiger charge is -2.31. The van der Waals surface area contributed by atoms with E-state index in [1.807, 2.05) is 50.2 Å². The van der Waals surface area contributed by atoms with Crippen molar-refractivity contribution in [2.75, 3.05) is 32.5 Å². The first-order valence-corrected chi connectivity index (χ1v) is 9.28. The Hall–Kier alpha value is -3.52. The highest BCUT2D eigenvalue weighted by Gasteiger charge is 2.33. The average molecular weight is 409 g/mol. The van der Waals surface area contributed by atoms with E-state index in [9.17, 15) is 9.59 Å². The van der Waals surface area contributed by atoms with Gasteiger partial charge in [-0.25, -0.2) is 9.59 Å². The second kappa shape index (κ2) is 9.32. The van der Waals surface area contributed by atoms with Gasteiger partial charge in [0.25, 0.3) is 0 Å².